The van der Waals surface area contributed by atoms with Crippen LogP contribution in [0.3, 0.4) is 0 Å². The number of nitrogens with two attached hydrogens (primary N) is 1. The summed E-state index contributed by atoms with van der Waals surface area (Å²) >= 11 is 3.34. The first-order valence-corrected chi connectivity index (χ1v) is 6.63. The van der Waals surface area contributed by atoms with Gasteiger partial charge in [0.25, 0.3) is 5.91 Å². The summed E-state index contributed by atoms with van der Waals surface area (Å²) in [5.41, 5.74) is 6.19. The van der Waals surface area contributed by atoms with Crippen LogP contribution in [0.1, 0.15) is 23.2 Å². The largest absolute Gasteiger partial charge is 0.384 e. The topological polar surface area (TPSA) is 68.5 Å². The molecule has 1 heterocycles. The number of aromatic nitrogens is 1. The van der Waals surface area contributed by atoms with Crippen LogP contribution < -0.4 is 5.73 Å². The molecule has 6 heteroatoms. The first kappa shape index (κ1) is 13.3. The summed E-state index contributed by atoms with van der Waals surface area (Å²) in [6, 6.07) is 1.95. The maximum Gasteiger partial charge on any atom is 0.255 e. The quantitative estimate of drug-likeness (QED) is 0.898. The number of amides is 1. The van der Waals surface area contributed by atoms with Gasteiger partial charge in [0.15, 0.2) is 0 Å². The zero-order valence-electron chi connectivity index (χ0n) is 10.2. The number of carbonyl (C=O) groups excluding carboxylic acids is 1. The number of pyridine rings is 1. The molecule has 1 aromatic heterocycles. The third-order valence-electron chi connectivity index (χ3n) is 2.89. The average molecular weight is 314 g/mol. The Balaban J connectivity index is 2.19. The lowest BCUT2D eigenvalue weighted by atomic mass is 10.2. The van der Waals surface area contributed by atoms with E-state index in [9.17, 15) is 4.79 Å². The van der Waals surface area contributed by atoms with Crippen molar-refractivity contribution in [3.8, 4) is 0 Å². The third-order valence-corrected chi connectivity index (χ3v) is 3.52. The third kappa shape index (κ3) is 3.00. The molecule has 1 amide bonds. The smallest absolute Gasteiger partial charge is 0.255 e. The summed E-state index contributed by atoms with van der Waals surface area (Å²) in [4.78, 5) is 18.3. The molecular weight excluding hydrogens is 298 g/mol. The lowest BCUT2D eigenvalue weighted by molar-refractivity contribution is 0.0679. The predicted octanol–water partition coefficient (Wildman–Crippen LogP) is 1.68. The highest BCUT2D eigenvalue weighted by atomic mass is 79.9. The fourth-order valence-corrected chi connectivity index (χ4v) is 2.19. The van der Waals surface area contributed by atoms with Gasteiger partial charge in [0.2, 0.25) is 0 Å². The highest BCUT2D eigenvalue weighted by Crippen LogP contribution is 2.29. The van der Waals surface area contributed by atoms with Gasteiger partial charge in [-0.2, -0.15) is 0 Å². The van der Waals surface area contributed by atoms with E-state index in [1.807, 2.05) is 4.90 Å². The van der Waals surface area contributed by atoms with Gasteiger partial charge in [0.1, 0.15) is 5.82 Å². The number of hydrogen-bond donors (Lipinski definition) is 1. The minimum Gasteiger partial charge on any atom is -0.384 e. The Morgan fingerprint density at radius 1 is 1.67 bits per heavy atom. The van der Waals surface area contributed by atoms with Gasteiger partial charge in [0, 0.05) is 30.4 Å². The summed E-state index contributed by atoms with van der Waals surface area (Å²) in [5.74, 6) is 0.333. The van der Waals surface area contributed by atoms with Gasteiger partial charge < -0.3 is 15.4 Å². The number of methoxy groups -OCH3 is 1. The molecule has 5 nitrogen and oxygen atoms in total. The molecule has 0 radical (unpaired) electrons. The number of halogens is 1. The summed E-state index contributed by atoms with van der Waals surface area (Å²) in [6.45, 7) is 1.15. The lowest BCUT2D eigenvalue weighted by Gasteiger charge is -2.22. The van der Waals surface area contributed by atoms with Crippen LogP contribution in [-0.2, 0) is 4.74 Å². The minimum atomic E-state index is -0.0180. The van der Waals surface area contributed by atoms with Crippen molar-refractivity contribution in [2.75, 3.05) is 26.0 Å². The van der Waals surface area contributed by atoms with E-state index in [2.05, 4.69) is 20.9 Å². The van der Waals surface area contributed by atoms with E-state index in [0.717, 1.165) is 12.8 Å². The Hall–Kier alpha value is -1.14. The van der Waals surface area contributed by atoms with E-state index in [4.69, 9.17) is 10.5 Å². The Labute approximate surface area is 114 Å². The molecule has 2 N–H and O–H groups in total. The second-order valence-corrected chi connectivity index (χ2v) is 5.17. The Kier molecular flexibility index (Phi) is 4.19. The van der Waals surface area contributed by atoms with Crippen LogP contribution in [0.15, 0.2) is 16.7 Å². The second kappa shape index (κ2) is 5.67. The van der Waals surface area contributed by atoms with Crippen LogP contribution in [0.5, 0.6) is 0 Å². The van der Waals surface area contributed by atoms with Crippen molar-refractivity contribution in [3.63, 3.8) is 0 Å². The zero-order chi connectivity index (χ0) is 13.1. The van der Waals surface area contributed by atoms with Gasteiger partial charge in [-0.3, -0.25) is 4.79 Å². The molecule has 18 heavy (non-hydrogen) atoms. The Morgan fingerprint density at radius 3 is 3.00 bits per heavy atom. The summed E-state index contributed by atoms with van der Waals surface area (Å²) in [7, 11) is 1.63. The highest BCUT2D eigenvalue weighted by molar-refractivity contribution is 9.10. The monoisotopic (exact) mass is 313 g/mol. The van der Waals surface area contributed by atoms with Crippen molar-refractivity contribution in [1.29, 1.82) is 0 Å². The van der Waals surface area contributed by atoms with Crippen molar-refractivity contribution in [3.05, 3.63) is 22.3 Å². The number of carbonyl (C=O) groups is 1. The number of anilines is 1. The normalized spacial score (nSPS) is 14.6. The lowest BCUT2D eigenvalue weighted by Crippen LogP contribution is -2.36. The standard InChI is InChI=1S/C12H16BrN3O2/c1-18-5-4-16(8-2-3-8)12(17)9-6-11(14)15-7-10(9)13/h6-8H,2-5H2,1H3,(H2,14,15). The number of ether oxygens (including phenoxy) is 1. The molecular formula is C12H16BrN3O2. The number of nitrogen functional groups attached to an aromatic ring is 1. The Bertz CT molecular complexity index is 449. The van der Waals surface area contributed by atoms with E-state index in [1.54, 1.807) is 19.4 Å². The fourth-order valence-electron chi connectivity index (χ4n) is 1.80. The van der Waals surface area contributed by atoms with Crippen LogP contribution in [0.2, 0.25) is 0 Å². The van der Waals surface area contributed by atoms with E-state index in [-0.39, 0.29) is 5.91 Å². The fraction of sp³-hybridized carbons (Fsp3) is 0.500. The van der Waals surface area contributed by atoms with Gasteiger partial charge in [-0.25, -0.2) is 4.98 Å². The molecule has 0 saturated heterocycles. The van der Waals surface area contributed by atoms with Crippen LogP contribution in [0, 0.1) is 0 Å². The van der Waals surface area contributed by atoms with Gasteiger partial charge in [0.05, 0.1) is 12.2 Å². The molecule has 1 aliphatic rings. The van der Waals surface area contributed by atoms with Crippen molar-refractivity contribution in [2.24, 2.45) is 0 Å². The van der Waals surface area contributed by atoms with E-state index in [0.29, 0.717) is 35.0 Å². The predicted molar refractivity (Wildman–Crippen MR) is 72.3 cm³/mol. The molecule has 1 aliphatic carbocycles. The maximum atomic E-state index is 12.5. The summed E-state index contributed by atoms with van der Waals surface area (Å²) < 4.78 is 5.72. The van der Waals surface area contributed by atoms with Gasteiger partial charge in [-0.15, -0.1) is 0 Å². The molecule has 1 fully saturated rings. The highest BCUT2D eigenvalue weighted by Gasteiger charge is 2.33. The van der Waals surface area contributed by atoms with E-state index >= 15 is 0 Å². The van der Waals surface area contributed by atoms with Gasteiger partial charge in [-0.1, -0.05) is 0 Å². The SMILES string of the molecule is COCCN(C(=O)c1cc(N)ncc1Br)C1CC1. The molecule has 0 unspecified atom stereocenters. The molecule has 2 rings (SSSR count). The Morgan fingerprint density at radius 2 is 2.39 bits per heavy atom. The van der Waals surface area contributed by atoms with Crippen LogP contribution >= 0.6 is 15.9 Å². The molecule has 98 valence electrons. The van der Waals surface area contributed by atoms with Crippen LogP contribution in [0.25, 0.3) is 0 Å². The van der Waals surface area contributed by atoms with Crippen molar-refractivity contribution in [2.45, 2.75) is 18.9 Å². The molecule has 0 atom stereocenters. The molecule has 0 bridgehead atoms. The molecule has 0 aliphatic heterocycles. The molecule has 1 aromatic rings. The second-order valence-electron chi connectivity index (χ2n) is 4.31. The number of nitrogens with zero attached hydrogens (tertiary/aromatic N) is 2. The minimum absolute atomic E-state index is 0.0180. The zero-order valence-corrected chi connectivity index (χ0v) is 11.8. The number of hydrogen-bond acceptors (Lipinski definition) is 4. The summed E-state index contributed by atoms with van der Waals surface area (Å²) in [6.07, 6.45) is 3.69. The average Bonchev–Trinajstić information content (AvgIpc) is 3.17. The van der Waals surface area contributed by atoms with E-state index in [1.165, 1.54) is 0 Å². The van der Waals surface area contributed by atoms with Crippen molar-refractivity contribution in [1.82, 2.24) is 9.88 Å². The summed E-state index contributed by atoms with van der Waals surface area (Å²) in [5, 5.41) is 0. The van der Waals surface area contributed by atoms with Crippen molar-refractivity contribution >= 4 is 27.7 Å². The van der Waals surface area contributed by atoms with Crippen molar-refractivity contribution < 1.29 is 9.53 Å². The van der Waals surface area contributed by atoms with Crippen LogP contribution in [0.4, 0.5) is 5.82 Å². The van der Waals surface area contributed by atoms with Gasteiger partial charge in [-0.05, 0) is 34.8 Å². The van der Waals surface area contributed by atoms with Gasteiger partial charge >= 0.3 is 0 Å². The first-order valence-electron chi connectivity index (χ1n) is 5.84. The number of rotatable bonds is 5. The molecule has 0 aromatic carbocycles. The maximum absolute atomic E-state index is 12.5. The van der Waals surface area contributed by atoms with E-state index < -0.39 is 0 Å². The van der Waals surface area contributed by atoms with Crippen LogP contribution in [-0.4, -0.2) is 42.1 Å². The first-order chi connectivity index (χ1) is 8.63. The molecule has 0 spiro atoms. The molecule has 1 saturated carbocycles.